The van der Waals surface area contributed by atoms with Crippen molar-refractivity contribution in [3.63, 3.8) is 0 Å². The highest BCUT2D eigenvalue weighted by Gasteiger charge is 2.23. The molecule has 4 nitrogen and oxygen atoms in total. The predicted octanol–water partition coefficient (Wildman–Crippen LogP) is 3.64. The lowest BCUT2D eigenvalue weighted by molar-refractivity contribution is 0.164. The van der Waals surface area contributed by atoms with Crippen LogP contribution in [-0.4, -0.2) is 42.4 Å². The van der Waals surface area contributed by atoms with Gasteiger partial charge < -0.3 is 14.6 Å². The van der Waals surface area contributed by atoms with Crippen LogP contribution in [0.5, 0.6) is 11.5 Å². The van der Waals surface area contributed by atoms with Gasteiger partial charge in [-0.15, -0.1) is 0 Å². The minimum absolute atomic E-state index is 0.211. The van der Waals surface area contributed by atoms with Gasteiger partial charge in [0, 0.05) is 43.8 Å². The molecule has 0 spiro atoms. The molecular formula is C20H33NO3. The average molecular weight is 335 g/mol. The number of benzene rings is 1. The van der Waals surface area contributed by atoms with Crippen LogP contribution in [0, 0.1) is 5.41 Å². The second-order valence-electron chi connectivity index (χ2n) is 7.98. The van der Waals surface area contributed by atoms with Gasteiger partial charge >= 0.3 is 0 Å². The summed E-state index contributed by atoms with van der Waals surface area (Å²) < 4.78 is 11.8. The lowest BCUT2D eigenvalue weighted by atomic mass is 9.95. The second kappa shape index (κ2) is 8.21. The molecule has 1 heterocycles. The van der Waals surface area contributed by atoms with Crippen LogP contribution < -0.4 is 9.47 Å². The maximum Gasteiger partial charge on any atom is 0.124 e. The van der Waals surface area contributed by atoms with E-state index < -0.39 is 0 Å². The fraction of sp³-hybridized carbons (Fsp3) is 0.700. The van der Waals surface area contributed by atoms with E-state index in [4.69, 9.17) is 9.47 Å². The molecule has 0 aromatic heterocycles. The molecule has 0 fully saturated rings. The Labute approximate surface area is 146 Å². The van der Waals surface area contributed by atoms with Gasteiger partial charge in [-0.2, -0.15) is 0 Å². The lowest BCUT2D eigenvalue weighted by Crippen LogP contribution is -2.33. The van der Waals surface area contributed by atoms with Gasteiger partial charge in [0.15, 0.2) is 0 Å². The van der Waals surface area contributed by atoms with Crippen molar-refractivity contribution < 1.29 is 14.6 Å². The van der Waals surface area contributed by atoms with Crippen LogP contribution in [0.2, 0.25) is 0 Å². The number of hydrogen-bond donors (Lipinski definition) is 1. The molecule has 1 aromatic rings. The van der Waals surface area contributed by atoms with Gasteiger partial charge in [0.25, 0.3) is 0 Å². The highest BCUT2D eigenvalue weighted by atomic mass is 16.5. The number of ether oxygens (including phenoxy) is 2. The smallest absolute Gasteiger partial charge is 0.124 e. The molecule has 1 unspecified atom stereocenters. The third-order valence-electron chi connectivity index (χ3n) is 4.10. The molecule has 2 rings (SSSR count). The highest BCUT2D eigenvalue weighted by Crippen LogP contribution is 2.36. The first kappa shape index (κ1) is 19.1. The largest absolute Gasteiger partial charge is 0.494 e. The second-order valence-corrected chi connectivity index (χ2v) is 7.98. The number of fused-ring (bicyclic) bond motifs is 1. The molecule has 1 aliphatic rings. The Bertz CT molecular complexity index is 536. The maximum absolute atomic E-state index is 9.20. The first-order valence-electron chi connectivity index (χ1n) is 9.11. The SMILES string of the molecule is CCOc1cc2c(cc1CN(CCCO)CC(C)(C)C)OC(C)C2. The number of nitrogens with zero attached hydrogens (tertiary/aromatic N) is 1. The summed E-state index contributed by atoms with van der Waals surface area (Å²) in [6.45, 7) is 14.4. The van der Waals surface area contributed by atoms with E-state index >= 15 is 0 Å². The van der Waals surface area contributed by atoms with E-state index in [0.29, 0.717) is 6.61 Å². The number of hydrogen-bond acceptors (Lipinski definition) is 4. The predicted molar refractivity (Wildman–Crippen MR) is 97.8 cm³/mol. The molecule has 0 amide bonds. The van der Waals surface area contributed by atoms with Crippen LogP contribution in [0.4, 0.5) is 0 Å². The van der Waals surface area contributed by atoms with Crippen LogP contribution in [0.1, 0.15) is 52.2 Å². The minimum atomic E-state index is 0.211. The van der Waals surface area contributed by atoms with Gasteiger partial charge in [0.05, 0.1) is 6.61 Å². The molecule has 0 saturated heterocycles. The van der Waals surface area contributed by atoms with Crippen LogP contribution in [0.3, 0.4) is 0 Å². The topological polar surface area (TPSA) is 41.9 Å². The number of rotatable bonds is 8. The van der Waals surface area contributed by atoms with Gasteiger partial charge in [-0.05, 0) is 37.8 Å². The first-order chi connectivity index (χ1) is 11.3. The monoisotopic (exact) mass is 335 g/mol. The summed E-state index contributed by atoms with van der Waals surface area (Å²) in [4.78, 5) is 2.40. The maximum atomic E-state index is 9.20. The number of aliphatic hydroxyl groups is 1. The van der Waals surface area contributed by atoms with Crippen molar-refractivity contribution in [2.45, 2.75) is 60.1 Å². The Kier molecular flexibility index (Phi) is 6.53. The zero-order chi connectivity index (χ0) is 17.7. The first-order valence-corrected chi connectivity index (χ1v) is 9.11. The molecule has 0 saturated carbocycles. The molecule has 1 aromatic carbocycles. The third kappa shape index (κ3) is 5.38. The molecule has 0 radical (unpaired) electrons. The molecule has 24 heavy (non-hydrogen) atoms. The van der Waals surface area contributed by atoms with Crippen molar-refractivity contribution in [3.05, 3.63) is 23.3 Å². The standard InChI is InChI=1S/C20H33NO3/c1-6-23-18-11-16-10-15(2)24-19(16)12-17(18)13-21(8-7-9-22)14-20(3,4)5/h11-12,15,22H,6-10,13-14H2,1-5H3. The highest BCUT2D eigenvalue weighted by molar-refractivity contribution is 5.48. The van der Waals surface area contributed by atoms with E-state index in [1.165, 1.54) is 11.1 Å². The third-order valence-corrected chi connectivity index (χ3v) is 4.10. The number of aliphatic hydroxyl groups excluding tert-OH is 1. The molecular weight excluding hydrogens is 302 g/mol. The Morgan fingerprint density at radius 3 is 2.71 bits per heavy atom. The summed E-state index contributed by atoms with van der Waals surface area (Å²) in [5.41, 5.74) is 2.63. The molecule has 1 aliphatic heterocycles. The van der Waals surface area contributed by atoms with Gasteiger partial charge in [0.1, 0.15) is 17.6 Å². The van der Waals surface area contributed by atoms with Gasteiger partial charge in [-0.3, -0.25) is 4.90 Å². The fourth-order valence-corrected chi connectivity index (χ4v) is 3.31. The van der Waals surface area contributed by atoms with E-state index in [1.54, 1.807) is 0 Å². The summed E-state index contributed by atoms with van der Waals surface area (Å²) in [6.07, 6.45) is 1.98. The zero-order valence-electron chi connectivity index (χ0n) is 15.9. The van der Waals surface area contributed by atoms with Crippen LogP contribution in [0.25, 0.3) is 0 Å². The molecule has 0 bridgehead atoms. The van der Waals surface area contributed by atoms with Gasteiger partial charge in [-0.25, -0.2) is 0 Å². The Morgan fingerprint density at radius 2 is 2.08 bits per heavy atom. The summed E-state index contributed by atoms with van der Waals surface area (Å²) in [7, 11) is 0. The summed E-state index contributed by atoms with van der Waals surface area (Å²) in [6, 6.07) is 4.30. The van der Waals surface area contributed by atoms with Crippen molar-refractivity contribution in [1.82, 2.24) is 4.90 Å². The zero-order valence-corrected chi connectivity index (χ0v) is 15.9. The summed E-state index contributed by atoms with van der Waals surface area (Å²) in [5, 5.41) is 9.20. The fourth-order valence-electron chi connectivity index (χ4n) is 3.31. The van der Waals surface area contributed by atoms with Crippen molar-refractivity contribution in [2.75, 3.05) is 26.3 Å². The Hall–Kier alpha value is -1.26. The Morgan fingerprint density at radius 1 is 1.33 bits per heavy atom. The van der Waals surface area contributed by atoms with Gasteiger partial charge in [-0.1, -0.05) is 20.8 Å². The van der Waals surface area contributed by atoms with Crippen molar-refractivity contribution in [1.29, 1.82) is 0 Å². The van der Waals surface area contributed by atoms with Crippen LogP contribution in [0.15, 0.2) is 12.1 Å². The lowest BCUT2D eigenvalue weighted by Gasteiger charge is -2.30. The normalized spacial score (nSPS) is 17.0. The van der Waals surface area contributed by atoms with Crippen LogP contribution >= 0.6 is 0 Å². The minimum Gasteiger partial charge on any atom is -0.494 e. The molecule has 1 atom stereocenters. The van der Waals surface area contributed by atoms with E-state index in [-0.39, 0.29) is 18.1 Å². The van der Waals surface area contributed by atoms with E-state index in [2.05, 4.69) is 44.7 Å². The van der Waals surface area contributed by atoms with Crippen molar-refractivity contribution in [3.8, 4) is 11.5 Å². The average Bonchev–Trinajstić information content (AvgIpc) is 2.83. The van der Waals surface area contributed by atoms with Gasteiger partial charge in [0.2, 0.25) is 0 Å². The van der Waals surface area contributed by atoms with E-state index in [1.807, 2.05) is 6.92 Å². The van der Waals surface area contributed by atoms with Crippen molar-refractivity contribution in [2.24, 2.45) is 5.41 Å². The molecule has 136 valence electrons. The Balaban J connectivity index is 2.22. The van der Waals surface area contributed by atoms with E-state index in [0.717, 1.165) is 44.0 Å². The van der Waals surface area contributed by atoms with Crippen molar-refractivity contribution >= 4 is 0 Å². The molecule has 0 aliphatic carbocycles. The quantitative estimate of drug-likeness (QED) is 0.787. The van der Waals surface area contributed by atoms with E-state index in [9.17, 15) is 5.11 Å². The van der Waals surface area contributed by atoms with Crippen LogP contribution in [-0.2, 0) is 13.0 Å². The summed E-state index contributed by atoms with van der Waals surface area (Å²) in [5.74, 6) is 1.97. The molecule has 4 heteroatoms. The molecule has 1 N–H and O–H groups in total. The summed E-state index contributed by atoms with van der Waals surface area (Å²) >= 11 is 0.